The van der Waals surface area contributed by atoms with Gasteiger partial charge in [0, 0.05) is 19.2 Å². The maximum absolute atomic E-state index is 5.52. The van der Waals surface area contributed by atoms with Gasteiger partial charge in [-0.25, -0.2) is 14.6 Å². The number of aromatic nitrogens is 6. The maximum Gasteiger partial charge on any atom is 0.224 e. The molecule has 0 fully saturated rings. The number of tetrazole rings is 1. The van der Waals surface area contributed by atoms with E-state index in [1.165, 1.54) is 11.8 Å². The number of ether oxygens (including phenoxy) is 4. The summed E-state index contributed by atoms with van der Waals surface area (Å²) in [7, 11) is 8.13. The number of hydrogen-bond donors (Lipinski definition) is 1. The lowest BCUT2D eigenvalue weighted by Gasteiger charge is -2.15. The second-order valence-corrected chi connectivity index (χ2v) is 8.21. The van der Waals surface area contributed by atoms with Crippen LogP contribution >= 0.6 is 11.8 Å². The molecule has 4 aromatic rings. The van der Waals surface area contributed by atoms with E-state index < -0.39 is 0 Å². The van der Waals surface area contributed by atoms with Crippen LogP contribution in [0.25, 0.3) is 11.3 Å². The molecule has 0 unspecified atom stereocenters. The van der Waals surface area contributed by atoms with Gasteiger partial charge in [0.25, 0.3) is 0 Å². The molecule has 0 saturated carbocycles. The first-order valence-electron chi connectivity index (χ1n) is 10.5. The van der Waals surface area contributed by atoms with Gasteiger partial charge in [-0.1, -0.05) is 12.1 Å². The number of rotatable bonds is 10. The van der Waals surface area contributed by atoms with Crippen LogP contribution < -0.4 is 24.3 Å². The topological polar surface area (TPSA) is 118 Å². The third kappa shape index (κ3) is 5.54. The SMILES string of the molecule is COc1ccc(CNc2nc(Sc3nnnn3C)cc(-c3cc(OC)c(OC)c(OC)c3)n2)cc1. The van der Waals surface area contributed by atoms with Gasteiger partial charge >= 0.3 is 0 Å². The Balaban J connectivity index is 1.71. The average Bonchev–Trinajstić information content (AvgIpc) is 3.30. The Morgan fingerprint density at radius 2 is 1.60 bits per heavy atom. The molecule has 2 aromatic carbocycles. The highest BCUT2D eigenvalue weighted by Gasteiger charge is 2.17. The first-order chi connectivity index (χ1) is 17.0. The van der Waals surface area contributed by atoms with E-state index in [-0.39, 0.29) is 0 Å². The lowest BCUT2D eigenvalue weighted by molar-refractivity contribution is 0.324. The number of aryl methyl sites for hydroxylation is 1. The van der Waals surface area contributed by atoms with E-state index in [1.807, 2.05) is 42.5 Å². The second kappa shape index (κ2) is 10.9. The van der Waals surface area contributed by atoms with Crippen molar-refractivity contribution in [1.29, 1.82) is 0 Å². The fourth-order valence-corrected chi connectivity index (χ4v) is 3.99. The van der Waals surface area contributed by atoms with E-state index in [9.17, 15) is 0 Å². The molecule has 0 aliphatic rings. The fraction of sp³-hybridized carbons (Fsp3) is 0.261. The Morgan fingerprint density at radius 1 is 0.886 bits per heavy atom. The predicted molar refractivity (Wildman–Crippen MR) is 130 cm³/mol. The van der Waals surface area contributed by atoms with Gasteiger partial charge in [-0.2, -0.15) is 0 Å². The Bertz CT molecular complexity index is 1270. The Morgan fingerprint density at radius 3 is 2.17 bits per heavy atom. The second-order valence-electron chi connectivity index (χ2n) is 7.22. The van der Waals surface area contributed by atoms with Crippen molar-refractivity contribution in [3.05, 3.63) is 48.0 Å². The standard InChI is InChI=1S/C23H25N7O4S/c1-30-23(27-28-29-30)35-20-12-17(15-10-18(32-3)21(34-5)19(11-15)33-4)25-22(26-20)24-13-14-6-8-16(31-2)9-7-14/h6-12H,13H2,1-5H3,(H,24,25,26). The minimum absolute atomic E-state index is 0.449. The minimum Gasteiger partial charge on any atom is -0.497 e. The summed E-state index contributed by atoms with van der Waals surface area (Å²) in [4.78, 5) is 9.40. The summed E-state index contributed by atoms with van der Waals surface area (Å²) in [5.74, 6) is 2.81. The summed E-state index contributed by atoms with van der Waals surface area (Å²) in [5, 5.41) is 16.2. The molecule has 0 radical (unpaired) electrons. The highest BCUT2D eigenvalue weighted by atomic mass is 32.2. The van der Waals surface area contributed by atoms with E-state index in [4.69, 9.17) is 23.9 Å². The van der Waals surface area contributed by atoms with Crippen molar-refractivity contribution in [2.24, 2.45) is 7.05 Å². The quantitative estimate of drug-likeness (QED) is 0.326. The van der Waals surface area contributed by atoms with Gasteiger partial charge in [-0.3, -0.25) is 0 Å². The summed E-state index contributed by atoms with van der Waals surface area (Å²) in [6.45, 7) is 0.526. The lowest BCUT2D eigenvalue weighted by Crippen LogP contribution is -2.05. The molecule has 1 N–H and O–H groups in total. The predicted octanol–water partition coefficient (Wildman–Crippen LogP) is 3.46. The van der Waals surface area contributed by atoms with Crippen molar-refractivity contribution in [1.82, 2.24) is 30.2 Å². The largest absolute Gasteiger partial charge is 0.497 e. The van der Waals surface area contributed by atoms with Crippen LogP contribution in [0.1, 0.15) is 5.56 Å². The maximum atomic E-state index is 5.52. The van der Waals surface area contributed by atoms with Crippen LogP contribution in [0.15, 0.2) is 52.6 Å². The normalized spacial score (nSPS) is 10.7. The van der Waals surface area contributed by atoms with Crippen molar-refractivity contribution in [2.45, 2.75) is 16.7 Å². The summed E-state index contributed by atoms with van der Waals surface area (Å²) in [6.07, 6.45) is 0. The summed E-state index contributed by atoms with van der Waals surface area (Å²) >= 11 is 1.33. The summed E-state index contributed by atoms with van der Waals surface area (Å²) in [5.41, 5.74) is 2.49. The third-order valence-electron chi connectivity index (χ3n) is 5.05. The molecule has 0 atom stereocenters. The highest BCUT2D eigenvalue weighted by molar-refractivity contribution is 7.99. The molecule has 35 heavy (non-hydrogen) atoms. The Hall–Kier alpha value is -4.06. The van der Waals surface area contributed by atoms with Gasteiger partial charge in [0.1, 0.15) is 10.8 Å². The molecule has 0 amide bonds. The molecule has 0 aliphatic heterocycles. The van der Waals surface area contributed by atoms with E-state index in [2.05, 4.69) is 25.8 Å². The lowest BCUT2D eigenvalue weighted by atomic mass is 10.1. The number of benzene rings is 2. The van der Waals surface area contributed by atoms with Gasteiger partial charge in [-0.15, -0.1) is 5.10 Å². The molecule has 12 heteroatoms. The van der Waals surface area contributed by atoms with Gasteiger partial charge in [0.05, 0.1) is 34.1 Å². The number of nitrogens with one attached hydrogen (secondary N) is 1. The van der Waals surface area contributed by atoms with Crippen LogP contribution in [0.3, 0.4) is 0 Å². The molecule has 4 rings (SSSR count). The van der Waals surface area contributed by atoms with Gasteiger partial charge in [0.2, 0.25) is 16.9 Å². The Labute approximate surface area is 206 Å². The first kappa shape index (κ1) is 24.1. The third-order valence-corrected chi connectivity index (χ3v) is 6.00. The minimum atomic E-state index is 0.449. The zero-order valence-electron chi connectivity index (χ0n) is 20.0. The molecule has 11 nitrogen and oxygen atoms in total. The van der Waals surface area contributed by atoms with Crippen LogP contribution in [0.2, 0.25) is 0 Å². The molecular weight excluding hydrogens is 470 g/mol. The molecule has 182 valence electrons. The zero-order chi connectivity index (χ0) is 24.8. The molecule has 2 aromatic heterocycles. The van der Waals surface area contributed by atoms with Gasteiger partial charge in [0.15, 0.2) is 11.5 Å². The van der Waals surface area contributed by atoms with Gasteiger partial charge < -0.3 is 24.3 Å². The monoisotopic (exact) mass is 495 g/mol. The number of nitrogens with zero attached hydrogens (tertiary/aromatic N) is 6. The van der Waals surface area contributed by atoms with Crippen LogP contribution in [0, 0.1) is 0 Å². The molecule has 0 spiro atoms. The van der Waals surface area contributed by atoms with Crippen LogP contribution in [0.4, 0.5) is 5.95 Å². The highest BCUT2D eigenvalue weighted by Crippen LogP contribution is 2.41. The number of hydrogen-bond acceptors (Lipinski definition) is 11. The van der Waals surface area contributed by atoms with Crippen molar-refractivity contribution < 1.29 is 18.9 Å². The van der Waals surface area contributed by atoms with Crippen LogP contribution in [-0.2, 0) is 13.6 Å². The molecule has 0 aliphatic carbocycles. The summed E-state index contributed by atoms with van der Waals surface area (Å²) < 4.78 is 23.3. The Kier molecular flexibility index (Phi) is 7.51. The molecule has 2 heterocycles. The van der Waals surface area contributed by atoms with Crippen molar-refractivity contribution in [2.75, 3.05) is 33.8 Å². The summed E-state index contributed by atoms with van der Waals surface area (Å²) in [6, 6.07) is 13.3. The first-order valence-corrected chi connectivity index (χ1v) is 11.3. The number of anilines is 1. The van der Waals surface area contributed by atoms with Crippen LogP contribution in [-0.4, -0.2) is 58.6 Å². The molecular formula is C23H25N7O4S. The van der Waals surface area contributed by atoms with Crippen molar-refractivity contribution in [3.8, 4) is 34.3 Å². The van der Waals surface area contributed by atoms with E-state index >= 15 is 0 Å². The van der Waals surface area contributed by atoms with Crippen molar-refractivity contribution in [3.63, 3.8) is 0 Å². The van der Waals surface area contributed by atoms with E-state index in [0.717, 1.165) is 16.9 Å². The molecule has 0 saturated heterocycles. The van der Waals surface area contributed by atoms with Crippen molar-refractivity contribution >= 4 is 17.7 Å². The van der Waals surface area contributed by atoms with E-state index in [1.54, 1.807) is 40.2 Å². The zero-order valence-corrected chi connectivity index (χ0v) is 20.8. The smallest absolute Gasteiger partial charge is 0.224 e. The molecule has 0 bridgehead atoms. The van der Waals surface area contributed by atoms with Gasteiger partial charge in [-0.05, 0) is 58.1 Å². The number of methoxy groups -OCH3 is 4. The van der Waals surface area contributed by atoms with Crippen LogP contribution in [0.5, 0.6) is 23.0 Å². The fourth-order valence-electron chi connectivity index (χ4n) is 3.26. The van der Waals surface area contributed by atoms with E-state index in [0.29, 0.717) is 45.6 Å². The average molecular weight is 496 g/mol.